The van der Waals surface area contributed by atoms with E-state index in [4.69, 9.17) is 5.73 Å². The van der Waals surface area contributed by atoms with Crippen LogP contribution in [0.4, 0.5) is 11.4 Å². The first kappa shape index (κ1) is 11.5. The fourth-order valence-corrected chi connectivity index (χ4v) is 2.72. The molecular formula is C11H14IN3O. The van der Waals surface area contributed by atoms with Crippen molar-refractivity contribution in [2.45, 2.75) is 13.0 Å². The van der Waals surface area contributed by atoms with Gasteiger partial charge in [0.05, 0.1) is 5.69 Å². The van der Waals surface area contributed by atoms with Gasteiger partial charge in [-0.25, -0.2) is 0 Å². The van der Waals surface area contributed by atoms with Gasteiger partial charge in [0.15, 0.2) is 0 Å². The van der Waals surface area contributed by atoms with Gasteiger partial charge in [-0.3, -0.25) is 4.79 Å². The summed E-state index contributed by atoms with van der Waals surface area (Å²) in [4.78, 5) is 13.7. The van der Waals surface area contributed by atoms with Gasteiger partial charge in [-0.05, 0) is 47.7 Å². The van der Waals surface area contributed by atoms with Crippen LogP contribution in [-0.2, 0) is 4.79 Å². The third kappa shape index (κ3) is 2.09. The summed E-state index contributed by atoms with van der Waals surface area (Å²) in [5, 5.41) is 2.85. The van der Waals surface area contributed by atoms with E-state index in [0.717, 1.165) is 21.5 Å². The molecule has 1 aliphatic rings. The van der Waals surface area contributed by atoms with Crippen molar-refractivity contribution in [3.05, 3.63) is 21.8 Å². The third-order valence-electron chi connectivity index (χ3n) is 2.78. The van der Waals surface area contributed by atoms with Gasteiger partial charge in [-0.15, -0.1) is 0 Å². The van der Waals surface area contributed by atoms with E-state index in [0.29, 0.717) is 6.54 Å². The van der Waals surface area contributed by atoms with E-state index in [1.165, 1.54) is 0 Å². The summed E-state index contributed by atoms with van der Waals surface area (Å²) >= 11 is 2.25. The van der Waals surface area contributed by atoms with Gasteiger partial charge in [0.1, 0.15) is 6.04 Å². The van der Waals surface area contributed by atoms with Crippen LogP contribution in [0.25, 0.3) is 0 Å². The van der Waals surface area contributed by atoms with E-state index in [-0.39, 0.29) is 11.9 Å². The molecule has 0 spiro atoms. The summed E-state index contributed by atoms with van der Waals surface area (Å²) in [7, 11) is 0. The van der Waals surface area contributed by atoms with Crippen molar-refractivity contribution >= 4 is 39.9 Å². The van der Waals surface area contributed by atoms with Crippen LogP contribution in [-0.4, -0.2) is 25.0 Å². The summed E-state index contributed by atoms with van der Waals surface area (Å²) in [5.74, 6) is 0.0823. The Kier molecular flexibility index (Phi) is 3.22. The van der Waals surface area contributed by atoms with Crippen LogP contribution in [0.1, 0.15) is 6.92 Å². The second-order valence-electron chi connectivity index (χ2n) is 3.87. The number of nitrogen functional groups attached to an aromatic ring is 1. The Balaban J connectivity index is 2.32. The number of hydrogen-bond acceptors (Lipinski definition) is 3. The van der Waals surface area contributed by atoms with E-state index >= 15 is 0 Å². The summed E-state index contributed by atoms with van der Waals surface area (Å²) in [6, 6.07) is 5.66. The van der Waals surface area contributed by atoms with Crippen LogP contribution in [0.3, 0.4) is 0 Å². The van der Waals surface area contributed by atoms with Gasteiger partial charge in [0, 0.05) is 22.3 Å². The standard InChI is InChI=1S/C11H14IN3O/c1-7-11(16)14-4-5-15(7)10-3-2-8(13)6-9(10)12/h2-3,6-7H,4-5,13H2,1H3,(H,14,16). The maximum absolute atomic E-state index is 11.6. The Morgan fingerprint density at radius 3 is 3.00 bits per heavy atom. The first-order valence-electron chi connectivity index (χ1n) is 5.19. The Morgan fingerprint density at radius 1 is 1.56 bits per heavy atom. The highest BCUT2D eigenvalue weighted by Crippen LogP contribution is 2.27. The second kappa shape index (κ2) is 4.48. The lowest BCUT2D eigenvalue weighted by molar-refractivity contribution is -0.122. The van der Waals surface area contributed by atoms with Gasteiger partial charge in [0.25, 0.3) is 0 Å². The quantitative estimate of drug-likeness (QED) is 0.601. The number of nitrogens with zero attached hydrogens (tertiary/aromatic N) is 1. The minimum absolute atomic E-state index is 0.0823. The maximum Gasteiger partial charge on any atom is 0.242 e. The Bertz CT molecular complexity index is 422. The van der Waals surface area contributed by atoms with Gasteiger partial charge in [-0.2, -0.15) is 0 Å². The third-order valence-corrected chi connectivity index (χ3v) is 3.64. The van der Waals surface area contributed by atoms with Crippen molar-refractivity contribution < 1.29 is 4.79 Å². The van der Waals surface area contributed by atoms with Crippen LogP contribution in [0.5, 0.6) is 0 Å². The Morgan fingerprint density at radius 2 is 2.31 bits per heavy atom. The molecule has 4 nitrogen and oxygen atoms in total. The monoisotopic (exact) mass is 331 g/mol. The fraction of sp³-hybridized carbons (Fsp3) is 0.364. The molecule has 1 aromatic carbocycles. The van der Waals surface area contributed by atoms with E-state index in [1.54, 1.807) is 0 Å². The SMILES string of the molecule is CC1C(=O)NCCN1c1ccc(N)cc1I. The molecule has 1 fully saturated rings. The molecule has 0 radical (unpaired) electrons. The van der Waals surface area contributed by atoms with Crippen LogP contribution in [0.15, 0.2) is 18.2 Å². The fourth-order valence-electron chi connectivity index (χ4n) is 1.87. The molecule has 0 aliphatic carbocycles. The summed E-state index contributed by atoms with van der Waals surface area (Å²) < 4.78 is 1.08. The van der Waals surface area contributed by atoms with Gasteiger partial charge >= 0.3 is 0 Å². The lowest BCUT2D eigenvalue weighted by Crippen LogP contribution is -2.54. The highest BCUT2D eigenvalue weighted by Gasteiger charge is 2.26. The van der Waals surface area contributed by atoms with Crippen molar-refractivity contribution in [1.29, 1.82) is 0 Å². The number of hydrogen-bond donors (Lipinski definition) is 2. The van der Waals surface area contributed by atoms with E-state index in [1.807, 2.05) is 25.1 Å². The molecule has 1 atom stereocenters. The second-order valence-corrected chi connectivity index (χ2v) is 5.03. The predicted octanol–water partition coefficient (Wildman–Crippen LogP) is 1.20. The molecule has 1 aliphatic heterocycles. The molecular weight excluding hydrogens is 317 g/mol. The number of halogens is 1. The molecule has 1 amide bonds. The molecule has 1 unspecified atom stereocenters. The molecule has 3 N–H and O–H groups in total. The molecule has 16 heavy (non-hydrogen) atoms. The minimum atomic E-state index is -0.120. The molecule has 1 saturated heterocycles. The number of benzene rings is 1. The van der Waals surface area contributed by atoms with Crippen LogP contribution >= 0.6 is 22.6 Å². The largest absolute Gasteiger partial charge is 0.399 e. The van der Waals surface area contributed by atoms with Gasteiger partial charge in [0.2, 0.25) is 5.91 Å². The van der Waals surface area contributed by atoms with Crippen LogP contribution in [0, 0.1) is 3.57 Å². The topological polar surface area (TPSA) is 58.4 Å². The molecule has 0 aromatic heterocycles. The lowest BCUT2D eigenvalue weighted by atomic mass is 10.1. The summed E-state index contributed by atoms with van der Waals surface area (Å²) in [6.45, 7) is 3.46. The van der Waals surface area contributed by atoms with E-state index < -0.39 is 0 Å². The highest BCUT2D eigenvalue weighted by atomic mass is 127. The van der Waals surface area contributed by atoms with Crippen molar-refractivity contribution in [2.24, 2.45) is 0 Å². The van der Waals surface area contributed by atoms with Crippen molar-refractivity contribution in [1.82, 2.24) is 5.32 Å². The number of piperazine rings is 1. The van der Waals surface area contributed by atoms with Crippen LogP contribution in [0.2, 0.25) is 0 Å². The summed E-state index contributed by atoms with van der Waals surface area (Å²) in [5.41, 5.74) is 7.55. The van der Waals surface area contributed by atoms with Gasteiger partial charge in [-0.1, -0.05) is 0 Å². The van der Waals surface area contributed by atoms with Crippen molar-refractivity contribution in [3.8, 4) is 0 Å². The first-order chi connectivity index (χ1) is 7.59. The highest BCUT2D eigenvalue weighted by molar-refractivity contribution is 14.1. The Hall–Kier alpha value is -0.980. The number of nitrogens with two attached hydrogens (primary N) is 1. The number of amides is 1. The molecule has 86 valence electrons. The Labute approximate surface area is 108 Å². The summed E-state index contributed by atoms with van der Waals surface area (Å²) in [6.07, 6.45) is 0. The minimum Gasteiger partial charge on any atom is -0.399 e. The smallest absolute Gasteiger partial charge is 0.242 e. The first-order valence-corrected chi connectivity index (χ1v) is 6.27. The molecule has 0 bridgehead atoms. The van der Waals surface area contributed by atoms with E-state index in [9.17, 15) is 4.79 Å². The number of carbonyl (C=O) groups is 1. The zero-order chi connectivity index (χ0) is 11.7. The van der Waals surface area contributed by atoms with E-state index in [2.05, 4.69) is 32.8 Å². The van der Waals surface area contributed by atoms with Crippen molar-refractivity contribution in [2.75, 3.05) is 23.7 Å². The number of carbonyl (C=O) groups excluding carboxylic acids is 1. The number of nitrogens with one attached hydrogen (secondary N) is 1. The maximum atomic E-state index is 11.6. The average Bonchev–Trinajstić information content (AvgIpc) is 2.23. The molecule has 2 rings (SSSR count). The normalized spacial score (nSPS) is 20.8. The van der Waals surface area contributed by atoms with Gasteiger partial charge < -0.3 is 16.0 Å². The van der Waals surface area contributed by atoms with Crippen molar-refractivity contribution in [3.63, 3.8) is 0 Å². The number of rotatable bonds is 1. The molecule has 0 saturated carbocycles. The molecule has 5 heteroatoms. The predicted molar refractivity (Wildman–Crippen MR) is 73.4 cm³/mol. The molecule has 1 heterocycles. The lowest BCUT2D eigenvalue weighted by Gasteiger charge is -2.35. The molecule has 1 aromatic rings. The van der Waals surface area contributed by atoms with Crippen LogP contribution < -0.4 is 16.0 Å². The average molecular weight is 331 g/mol. The number of anilines is 2. The zero-order valence-corrected chi connectivity index (χ0v) is 11.2. The zero-order valence-electron chi connectivity index (χ0n) is 9.03.